The Morgan fingerprint density at radius 2 is 2.17 bits per heavy atom. The van der Waals surface area contributed by atoms with Gasteiger partial charge >= 0.3 is 0 Å². The van der Waals surface area contributed by atoms with Crippen molar-refractivity contribution in [3.8, 4) is 0 Å². The molecular weight excluding hydrogens is 150 g/mol. The molecule has 0 saturated carbocycles. The second-order valence-electron chi connectivity index (χ2n) is 3.54. The molecule has 0 spiro atoms. The van der Waals surface area contributed by atoms with E-state index in [1.807, 2.05) is 6.08 Å². The first-order chi connectivity index (χ1) is 5.70. The van der Waals surface area contributed by atoms with E-state index in [0.29, 0.717) is 5.92 Å². The summed E-state index contributed by atoms with van der Waals surface area (Å²) in [6, 6.07) is 0.255. The topological polar surface area (TPSA) is 32.3 Å². The van der Waals surface area contributed by atoms with Crippen molar-refractivity contribution in [2.45, 2.75) is 32.7 Å². The van der Waals surface area contributed by atoms with Crippen LogP contribution in [0.5, 0.6) is 0 Å². The van der Waals surface area contributed by atoms with Crippen LogP contribution < -0.4 is 5.32 Å². The van der Waals surface area contributed by atoms with Crippen molar-refractivity contribution >= 4 is 0 Å². The third-order valence-corrected chi connectivity index (χ3v) is 1.76. The van der Waals surface area contributed by atoms with Crippen molar-refractivity contribution in [1.82, 2.24) is 5.32 Å². The number of nitrogens with one attached hydrogen (secondary N) is 1. The lowest BCUT2D eigenvalue weighted by Gasteiger charge is -2.17. The molecule has 0 rings (SSSR count). The fourth-order valence-corrected chi connectivity index (χ4v) is 1.18. The number of aliphatic hydroxyl groups excluding tert-OH is 1. The van der Waals surface area contributed by atoms with Crippen LogP contribution in [0.1, 0.15) is 26.7 Å². The van der Waals surface area contributed by atoms with Gasteiger partial charge in [-0.25, -0.2) is 0 Å². The summed E-state index contributed by atoms with van der Waals surface area (Å²) in [7, 11) is 0. The lowest BCUT2D eigenvalue weighted by molar-refractivity contribution is 0.225. The molecule has 0 aromatic heterocycles. The van der Waals surface area contributed by atoms with Crippen LogP contribution in [-0.4, -0.2) is 24.3 Å². The van der Waals surface area contributed by atoms with E-state index in [1.54, 1.807) is 0 Å². The molecule has 0 radical (unpaired) electrons. The molecule has 0 saturated heterocycles. The normalized spacial score (nSPS) is 13.3. The van der Waals surface area contributed by atoms with Crippen molar-refractivity contribution in [2.24, 2.45) is 5.92 Å². The first kappa shape index (κ1) is 11.7. The summed E-state index contributed by atoms with van der Waals surface area (Å²) < 4.78 is 0. The van der Waals surface area contributed by atoms with Crippen molar-refractivity contribution in [3.63, 3.8) is 0 Å². The predicted molar refractivity (Wildman–Crippen MR) is 53.1 cm³/mol. The highest BCUT2D eigenvalue weighted by atomic mass is 16.3. The molecule has 0 aliphatic rings. The molecule has 0 aromatic carbocycles. The van der Waals surface area contributed by atoms with Gasteiger partial charge in [0.1, 0.15) is 0 Å². The summed E-state index contributed by atoms with van der Waals surface area (Å²) in [4.78, 5) is 0. The Kier molecular flexibility index (Phi) is 7.11. The molecule has 2 nitrogen and oxygen atoms in total. The molecule has 2 N–H and O–H groups in total. The maximum absolute atomic E-state index is 8.99. The van der Waals surface area contributed by atoms with Gasteiger partial charge in [0.15, 0.2) is 0 Å². The third kappa shape index (κ3) is 6.38. The maximum Gasteiger partial charge on any atom is 0.0584 e. The Labute approximate surface area is 75.7 Å². The average molecular weight is 171 g/mol. The monoisotopic (exact) mass is 171 g/mol. The van der Waals surface area contributed by atoms with Gasteiger partial charge in [-0.3, -0.25) is 0 Å². The van der Waals surface area contributed by atoms with Gasteiger partial charge in [0, 0.05) is 6.04 Å². The molecule has 2 heteroatoms. The molecule has 1 unspecified atom stereocenters. The van der Waals surface area contributed by atoms with Crippen molar-refractivity contribution in [2.75, 3.05) is 13.2 Å². The fourth-order valence-electron chi connectivity index (χ4n) is 1.18. The Hall–Kier alpha value is -0.340. The molecule has 12 heavy (non-hydrogen) atoms. The van der Waals surface area contributed by atoms with E-state index in [-0.39, 0.29) is 12.6 Å². The van der Waals surface area contributed by atoms with Crippen LogP contribution in [0.2, 0.25) is 0 Å². The van der Waals surface area contributed by atoms with E-state index in [4.69, 9.17) is 5.11 Å². The van der Waals surface area contributed by atoms with E-state index < -0.39 is 0 Å². The molecule has 0 amide bonds. The van der Waals surface area contributed by atoms with Crippen molar-refractivity contribution in [3.05, 3.63) is 12.7 Å². The molecule has 0 aliphatic heterocycles. The first-order valence-electron chi connectivity index (χ1n) is 4.65. The van der Waals surface area contributed by atoms with Crippen LogP contribution in [-0.2, 0) is 0 Å². The largest absolute Gasteiger partial charge is 0.395 e. The summed E-state index contributed by atoms with van der Waals surface area (Å²) in [5.74, 6) is 0.637. The van der Waals surface area contributed by atoms with E-state index in [1.165, 1.54) is 0 Å². The summed E-state index contributed by atoms with van der Waals surface area (Å²) >= 11 is 0. The van der Waals surface area contributed by atoms with Crippen LogP contribution >= 0.6 is 0 Å². The second kappa shape index (κ2) is 7.32. The second-order valence-corrected chi connectivity index (χ2v) is 3.54. The highest BCUT2D eigenvalue weighted by Gasteiger charge is 2.07. The van der Waals surface area contributed by atoms with Gasteiger partial charge < -0.3 is 10.4 Å². The van der Waals surface area contributed by atoms with Gasteiger partial charge in [-0.1, -0.05) is 19.9 Å². The van der Waals surface area contributed by atoms with Crippen molar-refractivity contribution < 1.29 is 5.11 Å². The average Bonchev–Trinajstić information content (AvgIpc) is 2.02. The summed E-state index contributed by atoms with van der Waals surface area (Å²) in [5.41, 5.74) is 0. The van der Waals surface area contributed by atoms with Gasteiger partial charge in [0.2, 0.25) is 0 Å². The van der Waals surface area contributed by atoms with Crippen molar-refractivity contribution in [1.29, 1.82) is 0 Å². The lowest BCUT2D eigenvalue weighted by atomic mass is 10.0. The zero-order valence-electron chi connectivity index (χ0n) is 8.21. The van der Waals surface area contributed by atoms with E-state index in [0.717, 1.165) is 19.4 Å². The smallest absolute Gasteiger partial charge is 0.0584 e. The Morgan fingerprint density at radius 1 is 1.50 bits per heavy atom. The summed E-state index contributed by atoms with van der Waals surface area (Å²) in [5, 5.41) is 12.3. The highest BCUT2D eigenvalue weighted by molar-refractivity contribution is 4.72. The van der Waals surface area contributed by atoms with Gasteiger partial charge in [0.05, 0.1) is 6.61 Å². The number of rotatable bonds is 7. The number of hydrogen-bond acceptors (Lipinski definition) is 2. The summed E-state index contributed by atoms with van der Waals surface area (Å²) in [6.07, 6.45) is 3.89. The Morgan fingerprint density at radius 3 is 2.58 bits per heavy atom. The Balaban J connectivity index is 3.45. The molecular formula is C10H21NO. The van der Waals surface area contributed by atoms with E-state index in [9.17, 15) is 0 Å². The molecule has 0 aromatic rings. The minimum absolute atomic E-state index is 0.231. The molecule has 0 fully saturated rings. The number of aliphatic hydroxyl groups is 1. The first-order valence-corrected chi connectivity index (χ1v) is 4.65. The SMILES string of the molecule is C=CCCNC(CO)CC(C)C. The van der Waals surface area contributed by atoms with E-state index >= 15 is 0 Å². The summed E-state index contributed by atoms with van der Waals surface area (Å²) in [6.45, 7) is 9.12. The molecule has 1 atom stereocenters. The van der Waals surface area contributed by atoms with Crippen LogP contribution in [0.15, 0.2) is 12.7 Å². The van der Waals surface area contributed by atoms with Gasteiger partial charge in [-0.05, 0) is 25.3 Å². The predicted octanol–water partition coefficient (Wildman–Crippen LogP) is 1.56. The quantitative estimate of drug-likeness (QED) is 0.450. The van der Waals surface area contributed by atoms with Gasteiger partial charge in [-0.2, -0.15) is 0 Å². The lowest BCUT2D eigenvalue weighted by Crippen LogP contribution is -2.34. The van der Waals surface area contributed by atoms with Gasteiger partial charge in [-0.15, -0.1) is 6.58 Å². The third-order valence-electron chi connectivity index (χ3n) is 1.76. The van der Waals surface area contributed by atoms with Gasteiger partial charge in [0.25, 0.3) is 0 Å². The fraction of sp³-hybridized carbons (Fsp3) is 0.800. The Bertz CT molecular complexity index is 112. The standard InChI is InChI=1S/C10H21NO/c1-4-5-6-11-10(8-12)7-9(2)3/h4,9-12H,1,5-8H2,2-3H3. The zero-order valence-corrected chi connectivity index (χ0v) is 8.21. The van der Waals surface area contributed by atoms with Crippen LogP contribution in [0, 0.1) is 5.92 Å². The zero-order chi connectivity index (χ0) is 9.40. The number of hydrogen-bond donors (Lipinski definition) is 2. The van der Waals surface area contributed by atoms with Crippen LogP contribution in [0.25, 0.3) is 0 Å². The van der Waals surface area contributed by atoms with E-state index in [2.05, 4.69) is 25.7 Å². The minimum Gasteiger partial charge on any atom is -0.395 e. The highest BCUT2D eigenvalue weighted by Crippen LogP contribution is 2.03. The van der Waals surface area contributed by atoms with Crippen LogP contribution in [0.4, 0.5) is 0 Å². The minimum atomic E-state index is 0.231. The molecule has 0 heterocycles. The maximum atomic E-state index is 8.99. The molecule has 0 aliphatic carbocycles. The molecule has 0 bridgehead atoms. The molecule has 72 valence electrons. The van der Waals surface area contributed by atoms with Crippen LogP contribution in [0.3, 0.4) is 0 Å².